The Hall–Kier alpha value is -2.82. The molecule has 0 saturated carbocycles. The molecule has 1 aliphatic rings. The van der Waals surface area contributed by atoms with E-state index in [4.69, 9.17) is 4.74 Å². The van der Waals surface area contributed by atoms with Gasteiger partial charge in [-0.3, -0.25) is 4.90 Å². The molecule has 3 aromatic carbocycles. The summed E-state index contributed by atoms with van der Waals surface area (Å²) in [6.07, 6.45) is 0. The molecule has 0 bridgehead atoms. The molecular formula is C26H31N3O. The van der Waals surface area contributed by atoms with Gasteiger partial charge in [0.2, 0.25) is 0 Å². The molecular weight excluding hydrogens is 370 g/mol. The molecule has 30 heavy (non-hydrogen) atoms. The van der Waals surface area contributed by atoms with Crippen molar-refractivity contribution in [2.75, 3.05) is 56.7 Å². The normalized spacial score (nSPS) is 14.8. The van der Waals surface area contributed by atoms with Crippen LogP contribution >= 0.6 is 0 Å². The highest BCUT2D eigenvalue weighted by Crippen LogP contribution is 2.29. The van der Waals surface area contributed by atoms with E-state index in [2.05, 4.69) is 100 Å². The van der Waals surface area contributed by atoms with E-state index in [0.29, 0.717) is 0 Å². The number of hydrogen-bond donors (Lipinski definition) is 1. The monoisotopic (exact) mass is 401 g/mol. The van der Waals surface area contributed by atoms with E-state index >= 15 is 0 Å². The molecule has 4 heteroatoms. The number of ether oxygens (including phenoxy) is 1. The number of rotatable bonds is 8. The Morgan fingerprint density at radius 2 is 1.43 bits per heavy atom. The van der Waals surface area contributed by atoms with E-state index in [0.717, 1.165) is 45.0 Å². The fourth-order valence-corrected chi connectivity index (χ4v) is 4.06. The van der Waals surface area contributed by atoms with Crippen molar-refractivity contribution in [2.24, 2.45) is 0 Å². The molecule has 0 atom stereocenters. The highest BCUT2D eigenvalue weighted by Gasteiger charge is 2.18. The van der Waals surface area contributed by atoms with Crippen LogP contribution in [0.25, 0.3) is 0 Å². The topological polar surface area (TPSA) is 27.7 Å². The van der Waals surface area contributed by atoms with Crippen molar-refractivity contribution in [3.05, 3.63) is 96.1 Å². The minimum absolute atomic E-state index is 0.119. The lowest BCUT2D eigenvalue weighted by Gasteiger charge is -2.36. The SMILES string of the molecule is COCCN1CCN(c2cccc(NC(c3ccccc3)c3ccccc3)c2)CC1. The van der Waals surface area contributed by atoms with Crippen LogP contribution in [-0.2, 0) is 4.74 Å². The summed E-state index contributed by atoms with van der Waals surface area (Å²) in [6, 6.07) is 30.2. The van der Waals surface area contributed by atoms with E-state index in [1.807, 2.05) is 0 Å². The maximum atomic E-state index is 5.22. The molecule has 0 amide bonds. The van der Waals surface area contributed by atoms with Crippen LogP contribution in [0, 0.1) is 0 Å². The van der Waals surface area contributed by atoms with Gasteiger partial charge in [0.1, 0.15) is 0 Å². The number of benzene rings is 3. The number of nitrogens with zero attached hydrogens (tertiary/aromatic N) is 2. The van der Waals surface area contributed by atoms with Crippen LogP contribution in [0.4, 0.5) is 11.4 Å². The van der Waals surface area contributed by atoms with Gasteiger partial charge < -0.3 is 15.0 Å². The van der Waals surface area contributed by atoms with E-state index in [9.17, 15) is 0 Å². The van der Waals surface area contributed by atoms with Crippen LogP contribution < -0.4 is 10.2 Å². The number of anilines is 2. The van der Waals surface area contributed by atoms with E-state index in [-0.39, 0.29) is 6.04 Å². The Morgan fingerprint density at radius 1 is 0.800 bits per heavy atom. The quantitative estimate of drug-likeness (QED) is 0.594. The molecule has 0 radical (unpaired) electrons. The second kappa shape index (κ2) is 10.3. The Balaban J connectivity index is 1.49. The van der Waals surface area contributed by atoms with Gasteiger partial charge in [-0.25, -0.2) is 0 Å². The standard InChI is InChI=1S/C26H31N3O/c1-30-20-19-28-15-17-29(18-16-28)25-14-8-13-24(21-25)27-26(22-9-4-2-5-10-22)23-11-6-3-7-12-23/h2-14,21,26-27H,15-20H2,1H3. The first-order valence-electron chi connectivity index (χ1n) is 10.8. The van der Waals surface area contributed by atoms with Gasteiger partial charge in [-0.15, -0.1) is 0 Å². The molecule has 4 nitrogen and oxygen atoms in total. The zero-order chi connectivity index (χ0) is 20.6. The Kier molecular flexibility index (Phi) is 7.01. The molecule has 3 aromatic rings. The molecule has 0 aromatic heterocycles. The Bertz CT molecular complexity index is 853. The Labute approximate surface area is 180 Å². The molecule has 4 rings (SSSR count). The lowest BCUT2D eigenvalue weighted by atomic mass is 9.98. The number of piperazine rings is 1. The lowest BCUT2D eigenvalue weighted by Crippen LogP contribution is -2.47. The molecule has 156 valence electrons. The number of nitrogens with one attached hydrogen (secondary N) is 1. The van der Waals surface area contributed by atoms with Gasteiger partial charge in [-0.2, -0.15) is 0 Å². The van der Waals surface area contributed by atoms with E-state index < -0.39 is 0 Å². The van der Waals surface area contributed by atoms with Crippen LogP contribution in [0.2, 0.25) is 0 Å². The summed E-state index contributed by atoms with van der Waals surface area (Å²) in [6.45, 7) is 6.08. The van der Waals surface area contributed by atoms with Gasteiger partial charge in [0, 0.05) is 51.2 Å². The minimum Gasteiger partial charge on any atom is -0.383 e. The molecule has 0 spiro atoms. The highest BCUT2D eigenvalue weighted by atomic mass is 16.5. The minimum atomic E-state index is 0.119. The van der Waals surface area contributed by atoms with Gasteiger partial charge in [0.25, 0.3) is 0 Å². The van der Waals surface area contributed by atoms with Gasteiger partial charge in [-0.1, -0.05) is 66.7 Å². The lowest BCUT2D eigenvalue weighted by molar-refractivity contribution is 0.144. The average Bonchev–Trinajstić information content (AvgIpc) is 2.83. The third kappa shape index (κ3) is 5.21. The van der Waals surface area contributed by atoms with Crippen LogP contribution in [0.5, 0.6) is 0 Å². The van der Waals surface area contributed by atoms with Crippen molar-refractivity contribution in [2.45, 2.75) is 6.04 Å². The maximum Gasteiger partial charge on any atom is 0.0767 e. The molecule has 0 aliphatic carbocycles. The van der Waals surface area contributed by atoms with E-state index in [1.54, 1.807) is 7.11 Å². The predicted octanol–water partition coefficient (Wildman–Crippen LogP) is 4.66. The molecule has 1 aliphatic heterocycles. The second-order valence-electron chi connectivity index (χ2n) is 7.77. The molecule has 1 fully saturated rings. The molecule has 0 unspecified atom stereocenters. The smallest absolute Gasteiger partial charge is 0.0767 e. The van der Waals surface area contributed by atoms with Crippen LogP contribution in [0.15, 0.2) is 84.9 Å². The largest absolute Gasteiger partial charge is 0.383 e. The van der Waals surface area contributed by atoms with Crippen molar-refractivity contribution < 1.29 is 4.74 Å². The van der Waals surface area contributed by atoms with Gasteiger partial charge in [0.15, 0.2) is 0 Å². The summed E-state index contributed by atoms with van der Waals surface area (Å²) in [5.74, 6) is 0. The summed E-state index contributed by atoms with van der Waals surface area (Å²) < 4.78 is 5.22. The summed E-state index contributed by atoms with van der Waals surface area (Å²) in [5, 5.41) is 3.77. The maximum absolute atomic E-state index is 5.22. The fraction of sp³-hybridized carbons (Fsp3) is 0.308. The third-order valence-electron chi connectivity index (χ3n) is 5.77. The van der Waals surface area contributed by atoms with Crippen LogP contribution in [-0.4, -0.2) is 51.3 Å². The summed E-state index contributed by atoms with van der Waals surface area (Å²) in [4.78, 5) is 4.96. The number of methoxy groups -OCH3 is 1. The van der Waals surface area contributed by atoms with Crippen LogP contribution in [0.1, 0.15) is 17.2 Å². The first kappa shape index (κ1) is 20.5. The molecule has 1 heterocycles. The second-order valence-corrected chi connectivity index (χ2v) is 7.77. The van der Waals surface area contributed by atoms with Crippen molar-refractivity contribution >= 4 is 11.4 Å². The fourth-order valence-electron chi connectivity index (χ4n) is 4.06. The predicted molar refractivity (Wildman–Crippen MR) is 125 cm³/mol. The van der Waals surface area contributed by atoms with Gasteiger partial charge in [0.05, 0.1) is 12.6 Å². The van der Waals surface area contributed by atoms with Crippen molar-refractivity contribution in [1.29, 1.82) is 0 Å². The van der Waals surface area contributed by atoms with Crippen molar-refractivity contribution in [3.8, 4) is 0 Å². The zero-order valence-corrected chi connectivity index (χ0v) is 17.7. The summed E-state index contributed by atoms with van der Waals surface area (Å²) in [7, 11) is 1.77. The Morgan fingerprint density at radius 3 is 2.03 bits per heavy atom. The molecule has 1 N–H and O–H groups in total. The number of hydrogen-bond acceptors (Lipinski definition) is 4. The van der Waals surface area contributed by atoms with E-state index in [1.165, 1.54) is 16.8 Å². The summed E-state index contributed by atoms with van der Waals surface area (Å²) in [5.41, 5.74) is 4.96. The average molecular weight is 402 g/mol. The zero-order valence-electron chi connectivity index (χ0n) is 17.7. The van der Waals surface area contributed by atoms with Gasteiger partial charge >= 0.3 is 0 Å². The summed E-state index contributed by atoms with van der Waals surface area (Å²) >= 11 is 0. The van der Waals surface area contributed by atoms with Crippen LogP contribution in [0.3, 0.4) is 0 Å². The van der Waals surface area contributed by atoms with Gasteiger partial charge in [-0.05, 0) is 29.3 Å². The third-order valence-corrected chi connectivity index (χ3v) is 5.77. The first-order chi connectivity index (χ1) is 14.8. The highest BCUT2D eigenvalue weighted by molar-refractivity contribution is 5.60. The molecule has 1 saturated heterocycles. The van der Waals surface area contributed by atoms with Crippen molar-refractivity contribution in [3.63, 3.8) is 0 Å². The van der Waals surface area contributed by atoms with Crippen molar-refractivity contribution in [1.82, 2.24) is 4.90 Å². The first-order valence-corrected chi connectivity index (χ1v) is 10.8.